The molecule has 2 aromatic rings. The Morgan fingerprint density at radius 2 is 1.84 bits per heavy atom. The Morgan fingerprint density at radius 1 is 1.16 bits per heavy atom. The van der Waals surface area contributed by atoms with Crippen LogP contribution in [0.1, 0.15) is 74.6 Å². The Hall–Kier alpha value is -3.05. The maximum Gasteiger partial charge on any atom is 0.455 e. The number of aromatic nitrogens is 2. The van der Waals surface area contributed by atoms with Gasteiger partial charge in [0.15, 0.2) is 5.69 Å². The second kappa shape index (κ2) is 8.22. The summed E-state index contributed by atoms with van der Waals surface area (Å²) in [6.45, 7) is 6.44. The van der Waals surface area contributed by atoms with Gasteiger partial charge in [-0.15, -0.1) is 0 Å². The molecule has 2 fully saturated rings. The van der Waals surface area contributed by atoms with Crippen molar-refractivity contribution < 1.29 is 31.1 Å². The van der Waals surface area contributed by atoms with E-state index in [4.69, 9.17) is 0 Å². The van der Waals surface area contributed by atoms with Gasteiger partial charge >= 0.3 is 12.1 Å². The predicted molar refractivity (Wildman–Crippen MR) is 124 cm³/mol. The van der Waals surface area contributed by atoms with E-state index in [1.165, 1.54) is 12.1 Å². The fourth-order valence-corrected chi connectivity index (χ4v) is 6.09. The van der Waals surface area contributed by atoms with Crippen LogP contribution in [0.5, 0.6) is 0 Å². The highest BCUT2D eigenvalue weighted by molar-refractivity contribution is 5.97. The zero-order valence-electron chi connectivity index (χ0n) is 20.5. The number of nitrogens with one attached hydrogen (secondary N) is 2. The van der Waals surface area contributed by atoms with Gasteiger partial charge in [-0.2, -0.15) is 32.2 Å². The maximum absolute atomic E-state index is 14.6. The maximum atomic E-state index is 14.6. The van der Waals surface area contributed by atoms with Gasteiger partial charge in [-0.1, -0.05) is 32.9 Å². The van der Waals surface area contributed by atoms with E-state index in [-0.39, 0.29) is 22.3 Å². The van der Waals surface area contributed by atoms with E-state index < -0.39 is 42.3 Å². The van der Waals surface area contributed by atoms with Gasteiger partial charge in [0, 0.05) is 23.6 Å². The lowest BCUT2D eigenvalue weighted by Crippen LogP contribution is -2.47. The third-order valence-corrected chi connectivity index (χ3v) is 8.92. The van der Waals surface area contributed by atoms with Gasteiger partial charge in [-0.05, 0) is 48.3 Å². The molecule has 2 saturated carbocycles. The minimum Gasteiger partial charge on any atom is -0.363 e. The van der Waals surface area contributed by atoms with Crippen molar-refractivity contribution in [3.05, 3.63) is 47.4 Å². The van der Waals surface area contributed by atoms with Crippen LogP contribution in [0.15, 0.2) is 35.4 Å². The van der Waals surface area contributed by atoms with E-state index in [1.807, 2.05) is 0 Å². The number of halogens is 6. The zero-order chi connectivity index (χ0) is 27.0. The van der Waals surface area contributed by atoms with Crippen LogP contribution < -0.4 is 10.7 Å². The van der Waals surface area contributed by atoms with Gasteiger partial charge in [0.2, 0.25) is 0 Å². The SMILES string of the molecule is CC1(C)[C@@H]2CC[C@@]1(C)/C(=N/NC(=O)c1cc3n(n1)[C@H](C(F)(F)C(F)(F)F)C[C@H](c1ccc(F)cc1)N3)C2. The number of carbonyl (C=O) groups excluding carboxylic acids is 1. The number of hydrogen-bond donors (Lipinski definition) is 2. The molecule has 1 aromatic heterocycles. The van der Waals surface area contributed by atoms with Crippen molar-refractivity contribution in [2.45, 2.75) is 70.6 Å². The fourth-order valence-electron chi connectivity index (χ4n) is 6.09. The number of amides is 1. The molecule has 0 saturated heterocycles. The first kappa shape index (κ1) is 25.6. The third-order valence-electron chi connectivity index (χ3n) is 8.92. The number of nitrogens with zero attached hydrogens (tertiary/aromatic N) is 3. The first-order chi connectivity index (χ1) is 17.1. The molecule has 1 amide bonds. The van der Waals surface area contributed by atoms with Crippen LogP contribution in [0.25, 0.3) is 0 Å². The largest absolute Gasteiger partial charge is 0.455 e. The number of fused-ring (bicyclic) bond motifs is 3. The molecule has 3 aliphatic rings. The molecule has 2 bridgehead atoms. The van der Waals surface area contributed by atoms with Crippen LogP contribution >= 0.6 is 0 Å². The standard InChI is InChI=1S/C25H27F6N5O/c1-22(2)14-8-9-23(22,3)18(10-14)33-34-21(37)17-12-20-32-16(13-4-6-15(26)7-5-13)11-19(36(20)35-17)24(27,28)25(29,30)31/h4-7,12,14,16,19,32H,8-11H2,1-3H3,(H,34,37)/b33-18+/t14-,16-,19+,23+/m1/s1. The summed E-state index contributed by atoms with van der Waals surface area (Å²) in [6.07, 6.45) is -3.81. The molecule has 0 spiro atoms. The van der Waals surface area contributed by atoms with Crippen molar-refractivity contribution in [1.29, 1.82) is 0 Å². The highest BCUT2D eigenvalue weighted by Crippen LogP contribution is 2.64. The van der Waals surface area contributed by atoms with Crippen molar-refractivity contribution in [1.82, 2.24) is 15.2 Å². The topological polar surface area (TPSA) is 71.3 Å². The van der Waals surface area contributed by atoms with Gasteiger partial charge < -0.3 is 5.32 Å². The molecule has 4 atom stereocenters. The minimum atomic E-state index is -5.84. The van der Waals surface area contributed by atoms with Crippen molar-refractivity contribution in [3.63, 3.8) is 0 Å². The van der Waals surface area contributed by atoms with Crippen LogP contribution in [-0.4, -0.2) is 33.5 Å². The Balaban J connectivity index is 1.44. The summed E-state index contributed by atoms with van der Waals surface area (Å²) < 4.78 is 83.2. The number of anilines is 1. The van der Waals surface area contributed by atoms with E-state index in [1.54, 1.807) is 0 Å². The summed E-state index contributed by atoms with van der Waals surface area (Å²) in [5.74, 6) is -6.26. The molecule has 0 radical (unpaired) electrons. The quantitative estimate of drug-likeness (QED) is 0.365. The zero-order valence-corrected chi connectivity index (χ0v) is 20.5. The van der Waals surface area contributed by atoms with E-state index in [9.17, 15) is 31.1 Å². The van der Waals surface area contributed by atoms with Crippen LogP contribution in [0, 0.1) is 22.6 Å². The molecule has 2 N–H and O–H groups in total. The molecule has 200 valence electrons. The Labute approximate surface area is 209 Å². The van der Waals surface area contributed by atoms with Crippen molar-refractivity contribution in [2.75, 3.05) is 5.32 Å². The predicted octanol–water partition coefficient (Wildman–Crippen LogP) is 6.25. The van der Waals surface area contributed by atoms with Gasteiger partial charge in [0.05, 0.1) is 6.04 Å². The molecule has 0 unspecified atom stereocenters. The summed E-state index contributed by atoms with van der Waals surface area (Å²) in [5.41, 5.74) is 3.06. The molecule has 6 nitrogen and oxygen atoms in total. The van der Waals surface area contributed by atoms with Crippen LogP contribution in [0.2, 0.25) is 0 Å². The fraction of sp³-hybridized carbons (Fsp3) is 0.560. The Bertz CT molecular complexity index is 1250. The molecule has 5 rings (SSSR count). The normalized spacial score (nSPS) is 29.8. The van der Waals surface area contributed by atoms with Crippen LogP contribution in [0.4, 0.5) is 32.2 Å². The lowest BCUT2D eigenvalue weighted by Gasteiger charge is -2.37. The van der Waals surface area contributed by atoms with E-state index in [0.29, 0.717) is 16.2 Å². The molecule has 2 heterocycles. The molecule has 1 aromatic carbocycles. The number of rotatable bonds is 4. The molecule has 37 heavy (non-hydrogen) atoms. The number of hydrazone groups is 1. The Morgan fingerprint density at radius 3 is 2.41 bits per heavy atom. The first-order valence-corrected chi connectivity index (χ1v) is 12.1. The number of alkyl halides is 5. The highest BCUT2D eigenvalue weighted by atomic mass is 19.4. The van der Waals surface area contributed by atoms with Gasteiger partial charge in [0.25, 0.3) is 5.91 Å². The summed E-state index contributed by atoms with van der Waals surface area (Å²) in [7, 11) is 0. The van der Waals surface area contributed by atoms with Crippen molar-refractivity contribution in [3.8, 4) is 0 Å². The highest BCUT2D eigenvalue weighted by Gasteiger charge is 2.64. The lowest BCUT2D eigenvalue weighted by molar-refractivity contribution is -0.301. The Kier molecular flexibility index (Phi) is 5.69. The monoisotopic (exact) mass is 527 g/mol. The lowest BCUT2D eigenvalue weighted by atomic mass is 9.70. The molecular formula is C25H27F6N5O. The molecule has 2 aliphatic carbocycles. The third kappa shape index (κ3) is 3.90. The smallest absolute Gasteiger partial charge is 0.363 e. The number of carbonyl (C=O) groups is 1. The molecule has 12 heteroatoms. The number of benzene rings is 1. The summed E-state index contributed by atoms with van der Waals surface area (Å²) in [5, 5.41) is 11.0. The van der Waals surface area contributed by atoms with Crippen LogP contribution in [-0.2, 0) is 0 Å². The van der Waals surface area contributed by atoms with Crippen molar-refractivity contribution >= 4 is 17.4 Å². The van der Waals surface area contributed by atoms with Crippen LogP contribution in [0.3, 0.4) is 0 Å². The molecule has 1 aliphatic heterocycles. The van der Waals surface area contributed by atoms with Gasteiger partial charge in [-0.3, -0.25) is 4.79 Å². The summed E-state index contributed by atoms with van der Waals surface area (Å²) >= 11 is 0. The van der Waals surface area contributed by atoms with Gasteiger partial charge in [-0.25, -0.2) is 14.5 Å². The summed E-state index contributed by atoms with van der Waals surface area (Å²) in [6, 6.07) is 2.51. The number of hydrogen-bond acceptors (Lipinski definition) is 4. The first-order valence-electron chi connectivity index (χ1n) is 12.1. The minimum absolute atomic E-state index is 0.0136. The van der Waals surface area contributed by atoms with Crippen molar-refractivity contribution in [2.24, 2.45) is 21.8 Å². The molecular weight excluding hydrogens is 500 g/mol. The van der Waals surface area contributed by atoms with E-state index in [0.717, 1.165) is 43.2 Å². The average Bonchev–Trinajstić information content (AvgIpc) is 3.41. The average molecular weight is 528 g/mol. The van der Waals surface area contributed by atoms with Gasteiger partial charge in [0.1, 0.15) is 17.7 Å². The van der Waals surface area contributed by atoms with E-state index in [2.05, 4.69) is 41.7 Å². The second-order valence-electron chi connectivity index (χ2n) is 11.0. The summed E-state index contributed by atoms with van der Waals surface area (Å²) in [4.78, 5) is 12.9. The van der Waals surface area contributed by atoms with E-state index >= 15 is 0 Å². The second-order valence-corrected chi connectivity index (χ2v) is 11.0.